The van der Waals surface area contributed by atoms with Gasteiger partial charge in [-0.05, 0) is 29.8 Å². The predicted octanol–water partition coefficient (Wildman–Crippen LogP) is 3.32. The summed E-state index contributed by atoms with van der Waals surface area (Å²) in [7, 11) is 0. The van der Waals surface area contributed by atoms with Gasteiger partial charge in [0.25, 0.3) is 0 Å². The topological polar surface area (TPSA) is 70.1 Å². The van der Waals surface area contributed by atoms with Gasteiger partial charge in [-0.25, -0.2) is 14.3 Å². The van der Waals surface area contributed by atoms with Crippen molar-refractivity contribution in [2.75, 3.05) is 5.73 Å². The van der Waals surface area contributed by atoms with Crippen molar-refractivity contribution >= 4 is 11.8 Å². The molecule has 0 unspecified atom stereocenters. The molecule has 0 aliphatic heterocycles. The van der Waals surface area contributed by atoms with Crippen LogP contribution < -0.4 is 5.73 Å². The van der Waals surface area contributed by atoms with Crippen LogP contribution in [-0.4, -0.2) is 15.6 Å². The Bertz CT molecular complexity index is 764. The molecule has 0 bridgehead atoms. The molecule has 0 amide bonds. The molecule has 0 aliphatic rings. The summed E-state index contributed by atoms with van der Waals surface area (Å²) in [5, 5.41) is 0. The van der Waals surface area contributed by atoms with Gasteiger partial charge in [-0.3, -0.25) is 0 Å². The number of nitrogens with two attached hydrogens (primary N) is 1. The van der Waals surface area contributed by atoms with E-state index in [9.17, 15) is 4.79 Å². The number of carbonyl (C=O) groups is 1. The van der Waals surface area contributed by atoms with E-state index in [2.05, 4.69) is 4.98 Å². The number of anilines is 1. The molecule has 0 saturated heterocycles. The minimum Gasteiger partial charge on any atom is -0.444 e. The van der Waals surface area contributed by atoms with Gasteiger partial charge in [-0.15, -0.1) is 0 Å². The second-order valence-corrected chi connectivity index (χ2v) is 4.78. The largest absolute Gasteiger partial charge is 0.444 e. The Kier molecular flexibility index (Phi) is 3.87. The molecule has 22 heavy (non-hydrogen) atoms. The fourth-order valence-electron chi connectivity index (χ4n) is 2.09. The Balaban J connectivity index is 1.76. The number of benzene rings is 2. The van der Waals surface area contributed by atoms with Crippen LogP contribution in [0.1, 0.15) is 5.56 Å². The lowest BCUT2D eigenvalue weighted by Crippen LogP contribution is -2.14. The highest BCUT2D eigenvalue weighted by molar-refractivity contribution is 5.77. The molecular weight excluding hydrogens is 278 g/mol. The number of imidazole rings is 1. The molecule has 5 nitrogen and oxygen atoms in total. The smallest absolute Gasteiger partial charge is 0.420 e. The van der Waals surface area contributed by atoms with Crippen molar-refractivity contribution in [3.05, 3.63) is 72.6 Å². The number of ether oxygens (including phenoxy) is 1. The molecular formula is C17H15N3O2. The summed E-state index contributed by atoms with van der Waals surface area (Å²) in [4.78, 5) is 16.4. The van der Waals surface area contributed by atoms with E-state index in [4.69, 9.17) is 10.5 Å². The van der Waals surface area contributed by atoms with Crippen LogP contribution >= 0.6 is 0 Å². The number of hydrogen-bond acceptors (Lipinski definition) is 4. The lowest BCUT2D eigenvalue weighted by molar-refractivity contribution is 0.141. The maximum atomic E-state index is 12.2. The van der Waals surface area contributed by atoms with Gasteiger partial charge in [-0.2, -0.15) is 0 Å². The van der Waals surface area contributed by atoms with Crippen molar-refractivity contribution in [3.63, 3.8) is 0 Å². The molecule has 3 aromatic rings. The van der Waals surface area contributed by atoms with E-state index in [0.717, 1.165) is 11.1 Å². The van der Waals surface area contributed by atoms with E-state index < -0.39 is 6.09 Å². The zero-order valence-corrected chi connectivity index (χ0v) is 11.8. The molecule has 5 heteroatoms. The van der Waals surface area contributed by atoms with E-state index in [-0.39, 0.29) is 6.61 Å². The maximum absolute atomic E-state index is 12.2. The van der Waals surface area contributed by atoms with Gasteiger partial charge in [0, 0.05) is 23.6 Å². The van der Waals surface area contributed by atoms with Crippen molar-refractivity contribution in [2.45, 2.75) is 6.61 Å². The summed E-state index contributed by atoms with van der Waals surface area (Å²) >= 11 is 0. The Morgan fingerprint density at radius 3 is 2.55 bits per heavy atom. The maximum Gasteiger partial charge on any atom is 0.420 e. The average Bonchev–Trinajstić information content (AvgIpc) is 3.04. The van der Waals surface area contributed by atoms with Crippen LogP contribution in [0.25, 0.3) is 11.4 Å². The minimum absolute atomic E-state index is 0.221. The van der Waals surface area contributed by atoms with E-state index in [0.29, 0.717) is 11.5 Å². The monoisotopic (exact) mass is 293 g/mol. The first-order valence-corrected chi connectivity index (χ1v) is 6.84. The Morgan fingerprint density at radius 2 is 1.82 bits per heavy atom. The molecule has 0 atom stereocenters. The molecule has 0 saturated carbocycles. The number of nitrogens with zero attached hydrogens (tertiary/aromatic N) is 2. The second kappa shape index (κ2) is 6.13. The van der Waals surface area contributed by atoms with Gasteiger partial charge in [0.15, 0.2) is 0 Å². The molecule has 0 spiro atoms. The molecule has 0 aliphatic carbocycles. The first-order chi connectivity index (χ1) is 10.7. The Morgan fingerprint density at radius 1 is 1.09 bits per heavy atom. The van der Waals surface area contributed by atoms with Crippen LogP contribution in [0.3, 0.4) is 0 Å². The van der Waals surface area contributed by atoms with Crippen molar-refractivity contribution in [1.29, 1.82) is 0 Å². The lowest BCUT2D eigenvalue weighted by Gasteiger charge is -2.08. The van der Waals surface area contributed by atoms with Crippen molar-refractivity contribution < 1.29 is 9.53 Å². The summed E-state index contributed by atoms with van der Waals surface area (Å²) in [6.45, 7) is 0.221. The standard InChI is InChI=1S/C17H15N3O2/c18-15-8-6-14(7-9-15)16-19-10-11-20(16)17(21)22-12-13-4-2-1-3-5-13/h1-11H,12,18H2. The van der Waals surface area contributed by atoms with Crippen LogP contribution in [0.5, 0.6) is 0 Å². The fraction of sp³-hybridized carbons (Fsp3) is 0.0588. The first kappa shape index (κ1) is 13.9. The number of aromatic nitrogens is 2. The number of carbonyl (C=O) groups excluding carboxylic acids is 1. The summed E-state index contributed by atoms with van der Waals surface area (Å²) < 4.78 is 6.70. The van der Waals surface area contributed by atoms with Crippen LogP contribution in [0.15, 0.2) is 67.0 Å². The highest BCUT2D eigenvalue weighted by Crippen LogP contribution is 2.19. The first-order valence-electron chi connectivity index (χ1n) is 6.84. The molecule has 2 aromatic carbocycles. The summed E-state index contributed by atoms with van der Waals surface area (Å²) in [5.74, 6) is 0.526. The van der Waals surface area contributed by atoms with E-state index in [1.165, 1.54) is 4.57 Å². The molecule has 3 rings (SSSR count). The average molecular weight is 293 g/mol. The third kappa shape index (κ3) is 2.98. The highest BCUT2D eigenvalue weighted by atomic mass is 16.5. The second-order valence-electron chi connectivity index (χ2n) is 4.78. The summed E-state index contributed by atoms with van der Waals surface area (Å²) in [6, 6.07) is 16.7. The highest BCUT2D eigenvalue weighted by Gasteiger charge is 2.13. The summed E-state index contributed by atoms with van der Waals surface area (Å²) in [5.41, 5.74) is 8.07. The zero-order chi connectivity index (χ0) is 15.4. The molecule has 0 radical (unpaired) electrons. The third-order valence-electron chi connectivity index (χ3n) is 3.21. The van der Waals surface area contributed by atoms with Crippen LogP contribution in [-0.2, 0) is 11.3 Å². The lowest BCUT2D eigenvalue weighted by atomic mass is 10.2. The van der Waals surface area contributed by atoms with Gasteiger partial charge in [0.05, 0.1) is 0 Å². The van der Waals surface area contributed by atoms with Gasteiger partial charge in [0.1, 0.15) is 12.4 Å². The van der Waals surface area contributed by atoms with E-state index in [1.807, 2.05) is 42.5 Å². The third-order valence-corrected chi connectivity index (χ3v) is 3.21. The van der Waals surface area contributed by atoms with Gasteiger partial charge < -0.3 is 10.5 Å². The van der Waals surface area contributed by atoms with Crippen LogP contribution in [0.4, 0.5) is 10.5 Å². The molecule has 2 N–H and O–H groups in total. The normalized spacial score (nSPS) is 10.4. The Hall–Kier alpha value is -3.08. The number of rotatable bonds is 3. The van der Waals surface area contributed by atoms with E-state index in [1.54, 1.807) is 24.5 Å². The molecule has 1 aromatic heterocycles. The number of hydrogen-bond donors (Lipinski definition) is 1. The predicted molar refractivity (Wildman–Crippen MR) is 84.1 cm³/mol. The molecule has 110 valence electrons. The zero-order valence-electron chi connectivity index (χ0n) is 11.8. The quantitative estimate of drug-likeness (QED) is 0.752. The van der Waals surface area contributed by atoms with Crippen molar-refractivity contribution in [3.8, 4) is 11.4 Å². The Labute approximate surface area is 128 Å². The molecule has 1 heterocycles. The van der Waals surface area contributed by atoms with Crippen LogP contribution in [0.2, 0.25) is 0 Å². The van der Waals surface area contributed by atoms with Gasteiger partial charge in [-0.1, -0.05) is 30.3 Å². The number of nitrogen functional groups attached to an aromatic ring is 1. The van der Waals surface area contributed by atoms with Gasteiger partial charge >= 0.3 is 6.09 Å². The van der Waals surface area contributed by atoms with Gasteiger partial charge in [0.2, 0.25) is 0 Å². The van der Waals surface area contributed by atoms with Crippen molar-refractivity contribution in [1.82, 2.24) is 9.55 Å². The van der Waals surface area contributed by atoms with Crippen molar-refractivity contribution in [2.24, 2.45) is 0 Å². The SMILES string of the molecule is Nc1ccc(-c2nccn2C(=O)OCc2ccccc2)cc1. The van der Waals surface area contributed by atoms with Crippen LogP contribution in [0, 0.1) is 0 Å². The fourth-order valence-corrected chi connectivity index (χ4v) is 2.09. The van der Waals surface area contributed by atoms with E-state index >= 15 is 0 Å². The summed E-state index contributed by atoms with van der Waals surface area (Å²) in [6.07, 6.45) is 2.68. The minimum atomic E-state index is -0.465. The molecule has 0 fully saturated rings.